The summed E-state index contributed by atoms with van der Waals surface area (Å²) in [5.74, 6) is 0.816. The zero-order chi connectivity index (χ0) is 18.5. The zero-order valence-corrected chi connectivity index (χ0v) is 14.4. The van der Waals surface area contributed by atoms with Crippen molar-refractivity contribution in [2.75, 3.05) is 19.0 Å². The van der Waals surface area contributed by atoms with Gasteiger partial charge in [-0.05, 0) is 43.3 Å². The average Bonchev–Trinajstić information content (AvgIpc) is 3.01. The van der Waals surface area contributed by atoms with Crippen LogP contribution in [0.2, 0.25) is 0 Å². The van der Waals surface area contributed by atoms with Gasteiger partial charge in [-0.25, -0.2) is 9.07 Å². The zero-order valence-electron chi connectivity index (χ0n) is 14.4. The van der Waals surface area contributed by atoms with Crippen molar-refractivity contribution in [3.63, 3.8) is 0 Å². The number of amides is 1. The molecule has 0 aliphatic carbocycles. The normalized spacial score (nSPS) is 10.4. The highest BCUT2D eigenvalue weighted by Gasteiger charge is 2.12. The van der Waals surface area contributed by atoms with E-state index in [-0.39, 0.29) is 18.3 Å². The minimum absolute atomic E-state index is 0.186. The molecule has 0 fully saturated rings. The Morgan fingerprint density at radius 3 is 2.54 bits per heavy atom. The molecule has 134 valence electrons. The molecule has 26 heavy (non-hydrogen) atoms. The number of aryl methyl sites for hydroxylation is 1. The number of ether oxygens (including phenoxy) is 2. The summed E-state index contributed by atoms with van der Waals surface area (Å²) >= 11 is 0. The van der Waals surface area contributed by atoms with Crippen molar-refractivity contribution in [1.82, 2.24) is 9.78 Å². The monoisotopic (exact) mass is 355 g/mol. The summed E-state index contributed by atoms with van der Waals surface area (Å²) in [5, 5.41) is 7.08. The molecule has 3 aromatic rings. The minimum Gasteiger partial charge on any atom is -0.493 e. The second-order valence-corrected chi connectivity index (χ2v) is 5.55. The molecule has 0 spiro atoms. The van der Waals surface area contributed by atoms with E-state index in [0.717, 1.165) is 5.69 Å². The number of benzene rings is 2. The number of carbonyl (C=O) groups is 1. The number of nitrogens with one attached hydrogen (secondary N) is 1. The summed E-state index contributed by atoms with van der Waals surface area (Å²) in [4.78, 5) is 12.3. The molecule has 1 aromatic heterocycles. The molecule has 0 aliphatic rings. The Kier molecular flexibility index (Phi) is 5.17. The van der Waals surface area contributed by atoms with Gasteiger partial charge in [0.2, 0.25) is 0 Å². The SMILES string of the molecule is COc1ccccc1OCC(=O)Nc1cc(C)nn1-c1ccc(F)cc1. The molecule has 0 unspecified atom stereocenters. The molecule has 0 radical (unpaired) electrons. The number of aromatic nitrogens is 2. The van der Waals surface area contributed by atoms with E-state index in [0.29, 0.717) is 23.0 Å². The third kappa shape index (κ3) is 4.00. The van der Waals surface area contributed by atoms with Crippen molar-refractivity contribution in [2.24, 2.45) is 0 Å². The molecule has 2 aromatic carbocycles. The fourth-order valence-electron chi connectivity index (χ4n) is 2.43. The van der Waals surface area contributed by atoms with E-state index in [4.69, 9.17) is 9.47 Å². The predicted octanol–water partition coefficient (Wildman–Crippen LogP) is 3.35. The summed E-state index contributed by atoms with van der Waals surface area (Å²) in [6.45, 7) is 1.62. The van der Waals surface area contributed by atoms with Crippen LogP contribution in [0.15, 0.2) is 54.6 Å². The van der Waals surface area contributed by atoms with Crippen LogP contribution in [0.1, 0.15) is 5.69 Å². The van der Waals surface area contributed by atoms with Crippen molar-refractivity contribution in [1.29, 1.82) is 0 Å². The van der Waals surface area contributed by atoms with Crippen molar-refractivity contribution in [3.8, 4) is 17.2 Å². The van der Waals surface area contributed by atoms with Crippen molar-refractivity contribution in [2.45, 2.75) is 6.92 Å². The lowest BCUT2D eigenvalue weighted by atomic mass is 10.3. The molecule has 6 nitrogen and oxygen atoms in total. The van der Waals surface area contributed by atoms with Crippen LogP contribution in [-0.2, 0) is 4.79 Å². The molecular weight excluding hydrogens is 337 g/mol. The van der Waals surface area contributed by atoms with Gasteiger partial charge in [0.1, 0.15) is 11.6 Å². The molecule has 1 N–H and O–H groups in total. The molecule has 0 atom stereocenters. The predicted molar refractivity (Wildman–Crippen MR) is 95.4 cm³/mol. The van der Waals surface area contributed by atoms with Crippen molar-refractivity contribution >= 4 is 11.7 Å². The average molecular weight is 355 g/mol. The second-order valence-electron chi connectivity index (χ2n) is 5.55. The first kappa shape index (κ1) is 17.5. The van der Waals surface area contributed by atoms with Crippen LogP contribution in [-0.4, -0.2) is 29.4 Å². The topological polar surface area (TPSA) is 65.4 Å². The van der Waals surface area contributed by atoms with Crippen LogP contribution in [0, 0.1) is 12.7 Å². The summed E-state index contributed by atoms with van der Waals surface area (Å²) in [5.41, 5.74) is 1.36. The number of para-hydroxylation sites is 2. The summed E-state index contributed by atoms with van der Waals surface area (Å²) in [6, 6.07) is 14.7. The van der Waals surface area contributed by atoms with Crippen LogP contribution in [0.4, 0.5) is 10.2 Å². The van der Waals surface area contributed by atoms with Gasteiger partial charge < -0.3 is 14.8 Å². The number of halogens is 1. The molecule has 1 heterocycles. The van der Waals surface area contributed by atoms with E-state index in [9.17, 15) is 9.18 Å². The Morgan fingerprint density at radius 1 is 1.15 bits per heavy atom. The van der Waals surface area contributed by atoms with E-state index in [1.807, 2.05) is 6.07 Å². The molecule has 0 saturated carbocycles. The van der Waals surface area contributed by atoms with Crippen LogP contribution < -0.4 is 14.8 Å². The van der Waals surface area contributed by atoms with Crippen LogP contribution in [0.25, 0.3) is 5.69 Å². The largest absolute Gasteiger partial charge is 0.493 e. The highest BCUT2D eigenvalue weighted by Crippen LogP contribution is 2.25. The summed E-state index contributed by atoms with van der Waals surface area (Å²) in [7, 11) is 1.53. The first-order valence-corrected chi connectivity index (χ1v) is 7.95. The van der Waals surface area contributed by atoms with Gasteiger partial charge in [-0.1, -0.05) is 12.1 Å². The molecule has 0 saturated heterocycles. The maximum atomic E-state index is 13.1. The number of carbonyl (C=O) groups excluding carboxylic acids is 1. The highest BCUT2D eigenvalue weighted by molar-refractivity contribution is 5.91. The van der Waals surface area contributed by atoms with Gasteiger partial charge in [0, 0.05) is 6.07 Å². The molecule has 7 heteroatoms. The summed E-state index contributed by atoms with van der Waals surface area (Å²) in [6.07, 6.45) is 0. The van der Waals surface area contributed by atoms with E-state index < -0.39 is 0 Å². The smallest absolute Gasteiger partial charge is 0.263 e. The van der Waals surface area contributed by atoms with E-state index >= 15 is 0 Å². The van der Waals surface area contributed by atoms with Gasteiger partial charge in [0.15, 0.2) is 18.1 Å². The van der Waals surface area contributed by atoms with Crippen LogP contribution in [0.3, 0.4) is 0 Å². The Labute approximate surface area is 150 Å². The Morgan fingerprint density at radius 2 is 1.85 bits per heavy atom. The summed E-state index contributed by atoms with van der Waals surface area (Å²) < 4.78 is 25.4. The third-order valence-corrected chi connectivity index (χ3v) is 3.60. The standard InChI is InChI=1S/C19H18FN3O3/c1-13-11-18(23(22-13)15-9-7-14(20)8-10-15)21-19(24)12-26-17-6-4-3-5-16(17)25-2/h3-11H,12H2,1-2H3,(H,21,24). The van der Waals surface area contributed by atoms with E-state index in [1.165, 1.54) is 23.9 Å². The molecule has 3 rings (SSSR count). The van der Waals surface area contributed by atoms with Gasteiger partial charge >= 0.3 is 0 Å². The quantitative estimate of drug-likeness (QED) is 0.736. The lowest BCUT2D eigenvalue weighted by Gasteiger charge is -2.11. The number of anilines is 1. The fraction of sp³-hybridized carbons (Fsp3) is 0.158. The maximum absolute atomic E-state index is 13.1. The molecule has 1 amide bonds. The van der Waals surface area contributed by atoms with Crippen LogP contribution >= 0.6 is 0 Å². The maximum Gasteiger partial charge on any atom is 0.263 e. The fourth-order valence-corrected chi connectivity index (χ4v) is 2.43. The number of methoxy groups -OCH3 is 1. The van der Waals surface area contributed by atoms with E-state index in [2.05, 4.69) is 10.4 Å². The Balaban J connectivity index is 1.71. The molecule has 0 bridgehead atoms. The lowest BCUT2D eigenvalue weighted by molar-refractivity contribution is -0.118. The van der Waals surface area contributed by atoms with Crippen molar-refractivity contribution in [3.05, 3.63) is 66.1 Å². The van der Waals surface area contributed by atoms with Gasteiger partial charge in [-0.15, -0.1) is 0 Å². The van der Waals surface area contributed by atoms with Gasteiger partial charge in [0.25, 0.3) is 5.91 Å². The number of hydrogen-bond donors (Lipinski definition) is 1. The van der Waals surface area contributed by atoms with Gasteiger partial charge in [0.05, 0.1) is 18.5 Å². The van der Waals surface area contributed by atoms with Crippen molar-refractivity contribution < 1.29 is 18.7 Å². The number of nitrogens with zero attached hydrogens (tertiary/aromatic N) is 2. The lowest BCUT2D eigenvalue weighted by Crippen LogP contribution is -2.22. The minimum atomic E-state index is -0.348. The van der Waals surface area contributed by atoms with Gasteiger partial charge in [-0.3, -0.25) is 4.79 Å². The highest BCUT2D eigenvalue weighted by atomic mass is 19.1. The molecular formula is C19H18FN3O3. The van der Waals surface area contributed by atoms with Gasteiger partial charge in [-0.2, -0.15) is 5.10 Å². The first-order chi connectivity index (χ1) is 12.6. The third-order valence-electron chi connectivity index (χ3n) is 3.60. The second kappa shape index (κ2) is 7.69. The molecule has 0 aliphatic heterocycles. The van der Waals surface area contributed by atoms with Crippen LogP contribution in [0.5, 0.6) is 11.5 Å². The number of hydrogen-bond acceptors (Lipinski definition) is 4. The Bertz CT molecular complexity index is 907. The first-order valence-electron chi connectivity index (χ1n) is 7.95. The number of rotatable bonds is 6. The van der Waals surface area contributed by atoms with E-state index in [1.54, 1.807) is 43.3 Å². The Hall–Kier alpha value is -3.35.